The first-order chi connectivity index (χ1) is 7.42. The van der Waals surface area contributed by atoms with Crippen LogP contribution in [-0.2, 0) is 14.4 Å². The average molecular weight is 251 g/mol. The van der Waals surface area contributed by atoms with Gasteiger partial charge in [-0.3, -0.25) is 9.59 Å². The predicted molar refractivity (Wildman–Crippen MR) is 56.6 cm³/mol. The SMILES string of the molecule is NCC(=O)N[C@@H](CS)C(=O)NC(O)C(=O)O. The second kappa shape index (κ2) is 7.04. The lowest BCUT2D eigenvalue weighted by Crippen LogP contribution is -2.53. The molecule has 0 rings (SSSR count). The van der Waals surface area contributed by atoms with Crippen LogP contribution >= 0.6 is 12.6 Å². The number of aliphatic hydroxyl groups excluding tert-OH is 1. The molecule has 2 atom stereocenters. The highest BCUT2D eigenvalue weighted by atomic mass is 32.1. The Labute approximate surface area is 96.6 Å². The van der Waals surface area contributed by atoms with E-state index in [0.717, 1.165) is 0 Å². The first-order valence-corrected chi connectivity index (χ1v) is 4.87. The molecule has 2 amide bonds. The smallest absolute Gasteiger partial charge is 0.353 e. The Balaban J connectivity index is 4.31. The maximum absolute atomic E-state index is 11.3. The lowest BCUT2D eigenvalue weighted by molar-refractivity contribution is -0.151. The lowest BCUT2D eigenvalue weighted by Gasteiger charge is -2.17. The van der Waals surface area contributed by atoms with Crippen molar-refractivity contribution in [3.63, 3.8) is 0 Å². The molecule has 92 valence electrons. The zero-order valence-electron chi connectivity index (χ0n) is 8.21. The molecule has 6 N–H and O–H groups in total. The Morgan fingerprint density at radius 3 is 2.25 bits per heavy atom. The van der Waals surface area contributed by atoms with E-state index < -0.39 is 30.1 Å². The van der Waals surface area contributed by atoms with Crippen molar-refractivity contribution in [3.05, 3.63) is 0 Å². The standard InChI is InChI=1S/C7H13N3O5S/c8-1-4(11)9-3(2-16)5(12)10-6(13)7(14)15/h3,6,13,16H,1-2,8H2,(H,9,11)(H,10,12)(H,14,15)/t3-,6?/m0/s1. The minimum Gasteiger partial charge on any atom is -0.478 e. The summed E-state index contributed by atoms with van der Waals surface area (Å²) in [5.41, 5.74) is 5.01. The van der Waals surface area contributed by atoms with E-state index in [1.165, 1.54) is 0 Å². The van der Waals surface area contributed by atoms with Crippen LogP contribution in [-0.4, -0.2) is 52.6 Å². The van der Waals surface area contributed by atoms with E-state index in [2.05, 4.69) is 17.9 Å². The van der Waals surface area contributed by atoms with Crippen molar-refractivity contribution < 1.29 is 24.6 Å². The minimum absolute atomic E-state index is 0.0517. The molecule has 0 spiro atoms. The van der Waals surface area contributed by atoms with Gasteiger partial charge in [0.05, 0.1) is 6.54 Å². The van der Waals surface area contributed by atoms with Crippen LogP contribution in [0.15, 0.2) is 0 Å². The molecular formula is C7H13N3O5S. The molecule has 0 aliphatic heterocycles. The van der Waals surface area contributed by atoms with Crippen molar-refractivity contribution >= 4 is 30.4 Å². The summed E-state index contributed by atoms with van der Waals surface area (Å²) >= 11 is 3.80. The van der Waals surface area contributed by atoms with E-state index in [1.807, 2.05) is 0 Å². The normalized spacial score (nSPS) is 13.7. The van der Waals surface area contributed by atoms with Gasteiger partial charge in [-0.1, -0.05) is 0 Å². The highest BCUT2D eigenvalue weighted by Crippen LogP contribution is 1.90. The van der Waals surface area contributed by atoms with Crippen LogP contribution in [0, 0.1) is 0 Å². The number of rotatable bonds is 6. The average Bonchev–Trinajstić information content (AvgIpc) is 2.24. The Morgan fingerprint density at radius 1 is 1.31 bits per heavy atom. The summed E-state index contributed by atoms with van der Waals surface area (Å²) in [4.78, 5) is 32.4. The molecule has 1 unspecified atom stereocenters. The molecule has 9 heteroatoms. The fourth-order valence-electron chi connectivity index (χ4n) is 0.744. The second-order valence-electron chi connectivity index (χ2n) is 2.76. The molecule has 0 aliphatic carbocycles. The number of aliphatic hydroxyl groups is 1. The van der Waals surface area contributed by atoms with Crippen LogP contribution in [0.5, 0.6) is 0 Å². The number of nitrogens with one attached hydrogen (secondary N) is 2. The minimum atomic E-state index is -2.02. The number of nitrogens with two attached hydrogens (primary N) is 1. The molecule has 0 aromatic carbocycles. The predicted octanol–water partition coefficient (Wildman–Crippen LogP) is -3.12. The number of aliphatic carboxylic acids is 1. The Hall–Kier alpha value is -1.32. The van der Waals surface area contributed by atoms with Crippen LogP contribution in [0.25, 0.3) is 0 Å². The number of hydrogen-bond donors (Lipinski definition) is 6. The monoisotopic (exact) mass is 251 g/mol. The van der Waals surface area contributed by atoms with Crippen LogP contribution in [0.4, 0.5) is 0 Å². The Morgan fingerprint density at radius 2 is 1.88 bits per heavy atom. The topological polar surface area (TPSA) is 142 Å². The van der Waals surface area contributed by atoms with Crippen molar-refractivity contribution in [2.24, 2.45) is 5.73 Å². The van der Waals surface area contributed by atoms with Gasteiger partial charge in [0.25, 0.3) is 0 Å². The fourth-order valence-corrected chi connectivity index (χ4v) is 1.00. The summed E-state index contributed by atoms with van der Waals surface area (Å²) < 4.78 is 0. The van der Waals surface area contributed by atoms with Crippen LogP contribution in [0.1, 0.15) is 0 Å². The number of amides is 2. The molecule has 0 saturated heterocycles. The summed E-state index contributed by atoms with van der Waals surface area (Å²) in [6.45, 7) is -0.307. The molecule has 0 aromatic rings. The van der Waals surface area contributed by atoms with E-state index >= 15 is 0 Å². The number of carbonyl (C=O) groups excluding carboxylic acids is 2. The van der Waals surface area contributed by atoms with Gasteiger partial charge in [0.1, 0.15) is 6.04 Å². The molecule has 0 aromatic heterocycles. The van der Waals surface area contributed by atoms with Gasteiger partial charge in [-0.05, 0) is 0 Å². The molecule has 16 heavy (non-hydrogen) atoms. The molecule has 0 saturated carbocycles. The van der Waals surface area contributed by atoms with E-state index in [4.69, 9.17) is 15.9 Å². The zero-order valence-corrected chi connectivity index (χ0v) is 9.11. The van der Waals surface area contributed by atoms with Crippen LogP contribution < -0.4 is 16.4 Å². The number of hydrogen-bond acceptors (Lipinski definition) is 6. The summed E-state index contributed by atoms with van der Waals surface area (Å²) in [5, 5.41) is 21.1. The van der Waals surface area contributed by atoms with Gasteiger partial charge in [0.2, 0.25) is 18.0 Å². The number of thiol groups is 1. The van der Waals surface area contributed by atoms with Gasteiger partial charge >= 0.3 is 5.97 Å². The summed E-state index contributed by atoms with van der Waals surface area (Å²) in [6, 6.07) is -1.05. The highest BCUT2D eigenvalue weighted by molar-refractivity contribution is 7.80. The zero-order chi connectivity index (χ0) is 12.7. The molecule has 0 bridgehead atoms. The lowest BCUT2D eigenvalue weighted by atomic mass is 10.3. The van der Waals surface area contributed by atoms with Crippen molar-refractivity contribution in [1.29, 1.82) is 0 Å². The molecule has 0 heterocycles. The van der Waals surface area contributed by atoms with Crippen molar-refractivity contribution in [2.45, 2.75) is 12.3 Å². The van der Waals surface area contributed by atoms with Crippen molar-refractivity contribution in [3.8, 4) is 0 Å². The fraction of sp³-hybridized carbons (Fsp3) is 0.571. The molecule has 0 aliphatic rings. The number of carboxylic acid groups (broad SMARTS) is 1. The van der Waals surface area contributed by atoms with Gasteiger partial charge in [-0.15, -0.1) is 0 Å². The maximum Gasteiger partial charge on any atom is 0.353 e. The third-order valence-corrected chi connectivity index (χ3v) is 1.90. The molecular weight excluding hydrogens is 238 g/mol. The van der Waals surface area contributed by atoms with Gasteiger partial charge in [0.15, 0.2) is 0 Å². The van der Waals surface area contributed by atoms with Crippen molar-refractivity contribution in [1.82, 2.24) is 10.6 Å². The number of carboxylic acids is 1. The number of carbonyl (C=O) groups is 3. The Bertz CT molecular complexity index is 285. The maximum atomic E-state index is 11.3. The first kappa shape index (κ1) is 14.7. The summed E-state index contributed by atoms with van der Waals surface area (Å²) in [5.74, 6) is -3.09. The van der Waals surface area contributed by atoms with Crippen LogP contribution in [0.2, 0.25) is 0 Å². The largest absolute Gasteiger partial charge is 0.478 e. The first-order valence-electron chi connectivity index (χ1n) is 4.24. The van der Waals surface area contributed by atoms with E-state index in [1.54, 1.807) is 5.32 Å². The highest BCUT2D eigenvalue weighted by Gasteiger charge is 2.23. The second-order valence-corrected chi connectivity index (χ2v) is 3.12. The summed E-state index contributed by atoms with van der Waals surface area (Å²) in [6.07, 6.45) is -2.02. The van der Waals surface area contributed by atoms with Crippen molar-refractivity contribution in [2.75, 3.05) is 12.3 Å². The van der Waals surface area contributed by atoms with E-state index in [9.17, 15) is 14.4 Å². The van der Waals surface area contributed by atoms with Gasteiger partial charge in [0, 0.05) is 5.75 Å². The summed E-state index contributed by atoms with van der Waals surface area (Å²) in [7, 11) is 0. The van der Waals surface area contributed by atoms with Crippen LogP contribution in [0.3, 0.4) is 0 Å². The van der Waals surface area contributed by atoms with E-state index in [-0.39, 0.29) is 12.3 Å². The quantitative estimate of drug-likeness (QED) is 0.218. The third kappa shape index (κ3) is 4.96. The Kier molecular flexibility index (Phi) is 6.46. The van der Waals surface area contributed by atoms with Gasteiger partial charge in [-0.2, -0.15) is 12.6 Å². The van der Waals surface area contributed by atoms with Gasteiger partial charge in [-0.25, -0.2) is 4.79 Å². The molecule has 0 radical (unpaired) electrons. The third-order valence-electron chi connectivity index (χ3n) is 1.53. The van der Waals surface area contributed by atoms with E-state index in [0.29, 0.717) is 0 Å². The molecule has 0 fully saturated rings. The van der Waals surface area contributed by atoms with Gasteiger partial charge < -0.3 is 26.6 Å². The molecule has 8 nitrogen and oxygen atoms in total.